The number of rotatable bonds is 5. The lowest BCUT2D eigenvalue weighted by molar-refractivity contribution is -0.147. The highest BCUT2D eigenvalue weighted by molar-refractivity contribution is 5.87. The van der Waals surface area contributed by atoms with Crippen LogP contribution in [-0.2, 0) is 14.3 Å². The lowest BCUT2D eigenvalue weighted by Gasteiger charge is -2.08. The van der Waals surface area contributed by atoms with Crippen LogP contribution in [0.4, 0.5) is 0 Å². The molecule has 1 aromatic rings. The third-order valence-corrected chi connectivity index (χ3v) is 1.99. The predicted molar refractivity (Wildman–Crippen MR) is 63.3 cm³/mol. The summed E-state index contributed by atoms with van der Waals surface area (Å²) in [5.41, 5.74) is 0.885. The molecule has 0 aromatic heterocycles. The summed E-state index contributed by atoms with van der Waals surface area (Å²) >= 11 is 0. The predicted octanol–water partition coefficient (Wildman–Crippen LogP) is 2.11. The van der Waals surface area contributed by atoms with Crippen molar-refractivity contribution in [3.63, 3.8) is 0 Å². The van der Waals surface area contributed by atoms with Crippen LogP contribution in [-0.4, -0.2) is 23.1 Å². The van der Waals surface area contributed by atoms with Crippen molar-refractivity contribution in [1.82, 2.24) is 0 Å². The summed E-state index contributed by atoms with van der Waals surface area (Å²) in [5, 5.41) is 8.50. The molecule has 0 amide bonds. The molecule has 1 unspecified atom stereocenters. The molecule has 1 N–H and O–H groups in total. The van der Waals surface area contributed by atoms with Crippen molar-refractivity contribution >= 4 is 18.0 Å². The molecule has 0 saturated heterocycles. The third kappa shape index (κ3) is 5.51. The smallest absolute Gasteiger partial charge is 0.331 e. The van der Waals surface area contributed by atoms with Crippen LogP contribution in [0.3, 0.4) is 0 Å². The lowest BCUT2D eigenvalue weighted by Crippen LogP contribution is -2.16. The van der Waals surface area contributed by atoms with Gasteiger partial charge in [-0.05, 0) is 18.6 Å². The van der Waals surface area contributed by atoms with E-state index < -0.39 is 18.0 Å². The molecule has 0 heterocycles. The maximum absolute atomic E-state index is 11.3. The Morgan fingerprint density at radius 1 is 1.35 bits per heavy atom. The summed E-state index contributed by atoms with van der Waals surface area (Å²) in [5.74, 6) is -1.53. The molecule has 1 aromatic carbocycles. The van der Waals surface area contributed by atoms with Gasteiger partial charge in [-0.3, -0.25) is 4.79 Å². The lowest BCUT2D eigenvalue weighted by atomic mass is 10.2. The normalized spacial score (nSPS) is 12.3. The summed E-state index contributed by atoms with van der Waals surface area (Å²) in [4.78, 5) is 21.7. The van der Waals surface area contributed by atoms with Gasteiger partial charge in [0.2, 0.25) is 0 Å². The van der Waals surface area contributed by atoms with E-state index in [9.17, 15) is 9.59 Å². The molecule has 0 saturated carbocycles. The summed E-state index contributed by atoms with van der Waals surface area (Å²) in [6.45, 7) is 1.54. The van der Waals surface area contributed by atoms with Crippen LogP contribution in [0.2, 0.25) is 0 Å². The quantitative estimate of drug-likeness (QED) is 0.626. The Kier molecular flexibility index (Phi) is 4.94. The van der Waals surface area contributed by atoms with E-state index in [0.717, 1.165) is 5.56 Å². The molecular weight excluding hydrogens is 220 g/mol. The summed E-state index contributed by atoms with van der Waals surface area (Å²) < 4.78 is 4.88. The van der Waals surface area contributed by atoms with Crippen LogP contribution < -0.4 is 0 Å². The minimum atomic E-state index is -0.989. The molecule has 4 heteroatoms. The molecule has 0 aliphatic heterocycles. The van der Waals surface area contributed by atoms with Crippen molar-refractivity contribution in [3.05, 3.63) is 42.0 Å². The second-order valence-corrected chi connectivity index (χ2v) is 3.59. The Labute approximate surface area is 99.5 Å². The molecule has 0 spiro atoms. The number of aliphatic carboxylic acids is 1. The summed E-state index contributed by atoms with van der Waals surface area (Å²) in [7, 11) is 0. The van der Waals surface area contributed by atoms with Gasteiger partial charge in [-0.2, -0.15) is 0 Å². The van der Waals surface area contributed by atoms with E-state index in [1.165, 1.54) is 6.08 Å². The first kappa shape index (κ1) is 13.0. The summed E-state index contributed by atoms with van der Waals surface area (Å²) in [6, 6.07) is 9.30. The molecule has 0 aliphatic rings. The number of benzene rings is 1. The Hall–Kier alpha value is -2.10. The molecule has 0 aliphatic carbocycles. The minimum absolute atomic E-state index is 0.190. The van der Waals surface area contributed by atoms with Crippen molar-refractivity contribution in [3.8, 4) is 0 Å². The first-order valence-corrected chi connectivity index (χ1v) is 5.23. The van der Waals surface area contributed by atoms with Gasteiger partial charge in [0.25, 0.3) is 0 Å². The van der Waals surface area contributed by atoms with Crippen molar-refractivity contribution in [2.75, 3.05) is 0 Å². The second kappa shape index (κ2) is 6.48. The van der Waals surface area contributed by atoms with E-state index in [0.29, 0.717) is 0 Å². The molecular formula is C13H14O4. The largest absolute Gasteiger partial charge is 0.481 e. The maximum Gasteiger partial charge on any atom is 0.331 e. The van der Waals surface area contributed by atoms with Gasteiger partial charge < -0.3 is 9.84 Å². The topological polar surface area (TPSA) is 63.6 Å². The van der Waals surface area contributed by atoms with Gasteiger partial charge in [0.15, 0.2) is 0 Å². The van der Waals surface area contributed by atoms with Gasteiger partial charge in [0.05, 0.1) is 6.42 Å². The third-order valence-electron chi connectivity index (χ3n) is 1.99. The van der Waals surface area contributed by atoms with Gasteiger partial charge in [-0.25, -0.2) is 4.79 Å². The number of carbonyl (C=O) groups is 2. The number of carbonyl (C=O) groups excluding carboxylic acids is 1. The zero-order chi connectivity index (χ0) is 12.7. The van der Waals surface area contributed by atoms with E-state index in [2.05, 4.69) is 0 Å². The molecule has 0 radical (unpaired) electrons. The SMILES string of the molecule is CC(CC(=O)O)OC(=O)/C=C/c1ccccc1. The number of hydrogen-bond donors (Lipinski definition) is 1. The fraction of sp³-hybridized carbons (Fsp3) is 0.231. The van der Waals surface area contributed by atoms with E-state index >= 15 is 0 Å². The number of ether oxygens (including phenoxy) is 1. The highest BCUT2D eigenvalue weighted by atomic mass is 16.5. The van der Waals surface area contributed by atoms with Gasteiger partial charge in [-0.1, -0.05) is 30.3 Å². The number of hydrogen-bond acceptors (Lipinski definition) is 3. The Bertz CT molecular complexity index is 409. The summed E-state index contributed by atoms with van der Waals surface area (Å²) in [6.07, 6.45) is 2.09. The molecule has 1 atom stereocenters. The number of esters is 1. The molecule has 17 heavy (non-hydrogen) atoms. The van der Waals surface area contributed by atoms with Crippen molar-refractivity contribution in [1.29, 1.82) is 0 Å². The highest BCUT2D eigenvalue weighted by Gasteiger charge is 2.10. The first-order chi connectivity index (χ1) is 8.08. The van der Waals surface area contributed by atoms with Gasteiger partial charge >= 0.3 is 11.9 Å². The average molecular weight is 234 g/mol. The second-order valence-electron chi connectivity index (χ2n) is 3.59. The fourth-order valence-electron chi connectivity index (χ4n) is 1.25. The standard InChI is InChI=1S/C13H14O4/c1-10(9-12(14)15)17-13(16)8-7-11-5-3-2-4-6-11/h2-8,10H,9H2,1H3,(H,14,15)/b8-7+. The van der Waals surface area contributed by atoms with Crippen LogP contribution in [0.5, 0.6) is 0 Å². The molecule has 4 nitrogen and oxygen atoms in total. The van der Waals surface area contributed by atoms with Gasteiger partial charge in [0, 0.05) is 6.08 Å². The Morgan fingerprint density at radius 3 is 2.59 bits per heavy atom. The van der Waals surface area contributed by atoms with Crippen LogP contribution in [0, 0.1) is 0 Å². The van der Waals surface area contributed by atoms with Crippen molar-refractivity contribution in [2.45, 2.75) is 19.4 Å². The number of carboxylic acids is 1. The van der Waals surface area contributed by atoms with E-state index in [1.807, 2.05) is 30.3 Å². The van der Waals surface area contributed by atoms with Gasteiger partial charge in [-0.15, -0.1) is 0 Å². The highest BCUT2D eigenvalue weighted by Crippen LogP contribution is 2.03. The maximum atomic E-state index is 11.3. The van der Waals surface area contributed by atoms with Gasteiger partial charge in [0.1, 0.15) is 6.10 Å². The molecule has 0 fully saturated rings. The van der Waals surface area contributed by atoms with E-state index in [1.54, 1.807) is 13.0 Å². The molecule has 1 rings (SSSR count). The van der Waals surface area contributed by atoms with Crippen molar-refractivity contribution in [2.24, 2.45) is 0 Å². The van der Waals surface area contributed by atoms with Crippen LogP contribution in [0.15, 0.2) is 36.4 Å². The minimum Gasteiger partial charge on any atom is -0.481 e. The van der Waals surface area contributed by atoms with Crippen LogP contribution in [0.25, 0.3) is 6.08 Å². The fourth-order valence-corrected chi connectivity index (χ4v) is 1.25. The number of carboxylic acid groups (broad SMARTS) is 1. The van der Waals surface area contributed by atoms with E-state index in [-0.39, 0.29) is 6.42 Å². The average Bonchev–Trinajstić information content (AvgIpc) is 2.26. The Morgan fingerprint density at radius 2 is 2.00 bits per heavy atom. The van der Waals surface area contributed by atoms with Crippen LogP contribution >= 0.6 is 0 Å². The van der Waals surface area contributed by atoms with Crippen molar-refractivity contribution < 1.29 is 19.4 Å². The zero-order valence-corrected chi connectivity index (χ0v) is 9.50. The Balaban J connectivity index is 2.44. The first-order valence-electron chi connectivity index (χ1n) is 5.23. The van der Waals surface area contributed by atoms with Crippen LogP contribution in [0.1, 0.15) is 18.9 Å². The zero-order valence-electron chi connectivity index (χ0n) is 9.50. The monoisotopic (exact) mass is 234 g/mol. The molecule has 0 bridgehead atoms. The molecule has 90 valence electrons. The van der Waals surface area contributed by atoms with E-state index in [4.69, 9.17) is 9.84 Å².